The number of nitrogens with one attached hydrogen (secondary N) is 1. The molecular formula is C13H19BrFN3O. The molecule has 0 bridgehead atoms. The molecule has 0 saturated heterocycles. The third kappa shape index (κ3) is 3.99. The molecule has 1 aromatic carbocycles. The summed E-state index contributed by atoms with van der Waals surface area (Å²) in [4.78, 5) is 13.7. The van der Waals surface area contributed by atoms with E-state index in [2.05, 4.69) is 21.2 Å². The topological polar surface area (TPSA) is 58.4 Å². The SMILES string of the molecule is CN(C)CCNC(C)(C(N)=O)c1ccc(F)c(Br)c1. The predicted octanol–water partition coefficient (Wildman–Crippen LogP) is 1.44. The summed E-state index contributed by atoms with van der Waals surface area (Å²) in [5.41, 5.74) is 5.09. The van der Waals surface area contributed by atoms with Gasteiger partial charge in [0.05, 0.1) is 4.47 Å². The van der Waals surface area contributed by atoms with Crippen LogP contribution in [0.4, 0.5) is 4.39 Å². The van der Waals surface area contributed by atoms with Crippen LogP contribution in [0.2, 0.25) is 0 Å². The van der Waals surface area contributed by atoms with Gasteiger partial charge in [0, 0.05) is 13.1 Å². The molecule has 0 saturated carbocycles. The highest BCUT2D eigenvalue weighted by Crippen LogP contribution is 2.25. The molecule has 1 amide bonds. The normalized spacial score (nSPS) is 14.4. The summed E-state index contributed by atoms with van der Waals surface area (Å²) in [5, 5.41) is 3.13. The first kappa shape index (κ1) is 16.1. The molecule has 1 unspecified atom stereocenters. The highest BCUT2D eigenvalue weighted by atomic mass is 79.9. The molecule has 0 aromatic heterocycles. The molecule has 6 heteroatoms. The Kier molecular flexibility index (Phi) is 5.46. The van der Waals surface area contributed by atoms with Crippen LogP contribution >= 0.6 is 15.9 Å². The summed E-state index contributed by atoms with van der Waals surface area (Å²) >= 11 is 3.12. The van der Waals surface area contributed by atoms with Gasteiger partial charge in [-0.15, -0.1) is 0 Å². The van der Waals surface area contributed by atoms with E-state index in [9.17, 15) is 9.18 Å². The number of hydrogen-bond donors (Lipinski definition) is 2. The van der Waals surface area contributed by atoms with Crippen molar-refractivity contribution < 1.29 is 9.18 Å². The van der Waals surface area contributed by atoms with Gasteiger partial charge < -0.3 is 10.6 Å². The lowest BCUT2D eigenvalue weighted by Gasteiger charge is -2.29. The van der Waals surface area contributed by atoms with Crippen LogP contribution in [0, 0.1) is 5.82 Å². The highest BCUT2D eigenvalue weighted by Gasteiger charge is 2.32. The van der Waals surface area contributed by atoms with E-state index in [0.29, 0.717) is 16.6 Å². The van der Waals surface area contributed by atoms with Gasteiger partial charge in [-0.3, -0.25) is 10.1 Å². The monoisotopic (exact) mass is 331 g/mol. The number of nitrogens with two attached hydrogens (primary N) is 1. The zero-order chi connectivity index (χ0) is 14.6. The van der Waals surface area contributed by atoms with E-state index >= 15 is 0 Å². The highest BCUT2D eigenvalue weighted by molar-refractivity contribution is 9.10. The summed E-state index contributed by atoms with van der Waals surface area (Å²) in [6.07, 6.45) is 0. The summed E-state index contributed by atoms with van der Waals surface area (Å²) < 4.78 is 13.6. The fourth-order valence-corrected chi connectivity index (χ4v) is 2.05. The molecule has 0 aliphatic carbocycles. The first-order chi connectivity index (χ1) is 8.77. The molecule has 1 rings (SSSR count). The zero-order valence-electron chi connectivity index (χ0n) is 11.3. The fraction of sp³-hybridized carbons (Fsp3) is 0.462. The average Bonchev–Trinajstić information content (AvgIpc) is 2.31. The van der Waals surface area contributed by atoms with Gasteiger partial charge >= 0.3 is 0 Å². The Bertz CT molecular complexity index is 467. The molecule has 4 nitrogen and oxygen atoms in total. The predicted molar refractivity (Wildman–Crippen MR) is 77.2 cm³/mol. The number of nitrogens with zero attached hydrogens (tertiary/aromatic N) is 1. The van der Waals surface area contributed by atoms with Crippen LogP contribution in [0.3, 0.4) is 0 Å². The van der Waals surface area contributed by atoms with E-state index in [1.807, 2.05) is 19.0 Å². The third-order valence-corrected chi connectivity index (χ3v) is 3.64. The molecule has 3 N–H and O–H groups in total. The standard InChI is InChI=1S/C13H19BrFN3O/c1-13(12(16)19,17-6-7-18(2)3)9-4-5-11(15)10(14)8-9/h4-5,8,17H,6-7H2,1-3H3,(H2,16,19). The lowest BCUT2D eigenvalue weighted by Crippen LogP contribution is -2.52. The van der Waals surface area contributed by atoms with Crippen molar-refractivity contribution in [2.24, 2.45) is 5.73 Å². The molecule has 0 fully saturated rings. The largest absolute Gasteiger partial charge is 0.368 e. The summed E-state index contributed by atoms with van der Waals surface area (Å²) in [6.45, 7) is 3.07. The number of likely N-dealkylation sites (N-methyl/N-ethyl adjacent to an activating group) is 1. The van der Waals surface area contributed by atoms with Gasteiger partial charge in [-0.2, -0.15) is 0 Å². The number of amides is 1. The first-order valence-corrected chi connectivity index (χ1v) is 6.72. The minimum Gasteiger partial charge on any atom is -0.368 e. The van der Waals surface area contributed by atoms with Gasteiger partial charge in [-0.05, 0) is 54.6 Å². The van der Waals surface area contributed by atoms with Gasteiger partial charge in [0.25, 0.3) is 0 Å². The van der Waals surface area contributed by atoms with E-state index in [1.54, 1.807) is 19.1 Å². The maximum Gasteiger partial charge on any atom is 0.242 e. The Morgan fingerprint density at radius 2 is 2.16 bits per heavy atom. The molecule has 0 heterocycles. The van der Waals surface area contributed by atoms with Gasteiger partial charge in [-0.25, -0.2) is 4.39 Å². The van der Waals surface area contributed by atoms with Gasteiger partial charge in [0.1, 0.15) is 11.4 Å². The van der Waals surface area contributed by atoms with Crippen LogP contribution in [0.5, 0.6) is 0 Å². The molecule has 0 aliphatic heterocycles. The third-order valence-electron chi connectivity index (χ3n) is 3.03. The number of primary amides is 1. The van der Waals surface area contributed by atoms with Gasteiger partial charge in [0.2, 0.25) is 5.91 Å². The van der Waals surface area contributed by atoms with Crippen molar-refractivity contribution in [1.82, 2.24) is 10.2 Å². The van der Waals surface area contributed by atoms with Gasteiger partial charge in [0.15, 0.2) is 0 Å². The second kappa shape index (κ2) is 6.45. The van der Waals surface area contributed by atoms with Crippen LogP contribution < -0.4 is 11.1 Å². The molecular weight excluding hydrogens is 313 g/mol. The second-order valence-electron chi connectivity index (χ2n) is 4.85. The summed E-state index contributed by atoms with van der Waals surface area (Å²) in [5.74, 6) is -0.867. The van der Waals surface area contributed by atoms with Crippen molar-refractivity contribution in [1.29, 1.82) is 0 Å². The number of carbonyl (C=O) groups is 1. The molecule has 1 atom stereocenters. The number of carbonyl (C=O) groups excluding carboxylic acids is 1. The Balaban J connectivity index is 2.97. The van der Waals surface area contributed by atoms with Crippen LogP contribution in [0.25, 0.3) is 0 Å². The van der Waals surface area contributed by atoms with E-state index in [1.165, 1.54) is 6.07 Å². The molecule has 1 aromatic rings. The number of benzene rings is 1. The molecule has 0 spiro atoms. The number of rotatable bonds is 6. The summed E-state index contributed by atoms with van der Waals surface area (Å²) in [7, 11) is 3.88. The fourth-order valence-electron chi connectivity index (χ4n) is 1.67. The minimum atomic E-state index is -1.02. The van der Waals surface area contributed by atoms with Crippen molar-refractivity contribution >= 4 is 21.8 Å². The lowest BCUT2D eigenvalue weighted by atomic mass is 9.91. The number of hydrogen-bond acceptors (Lipinski definition) is 3. The maximum atomic E-state index is 13.3. The quantitative estimate of drug-likeness (QED) is 0.829. The maximum absolute atomic E-state index is 13.3. The Labute approximate surface area is 121 Å². The van der Waals surface area contributed by atoms with E-state index in [0.717, 1.165) is 6.54 Å². The van der Waals surface area contributed by atoms with Crippen molar-refractivity contribution in [3.63, 3.8) is 0 Å². The number of halogens is 2. The first-order valence-electron chi connectivity index (χ1n) is 5.92. The molecule has 19 heavy (non-hydrogen) atoms. The van der Waals surface area contributed by atoms with Crippen LogP contribution in [-0.4, -0.2) is 38.0 Å². The van der Waals surface area contributed by atoms with Gasteiger partial charge in [-0.1, -0.05) is 6.07 Å². The Hall–Kier alpha value is -0.980. The minimum absolute atomic E-state index is 0.312. The van der Waals surface area contributed by atoms with Crippen LogP contribution in [0.15, 0.2) is 22.7 Å². The molecule has 106 valence electrons. The summed E-state index contributed by atoms with van der Waals surface area (Å²) in [6, 6.07) is 4.45. The van der Waals surface area contributed by atoms with Crippen LogP contribution in [0.1, 0.15) is 12.5 Å². The van der Waals surface area contributed by atoms with Crippen LogP contribution in [-0.2, 0) is 10.3 Å². The van der Waals surface area contributed by atoms with Crippen molar-refractivity contribution in [2.75, 3.05) is 27.2 Å². The van der Waals surface area contributed by atoms with E-state index in [-0.39, 0.29) is 5.82 Å². The molecule has 0 aliphatic rings. The molecule has 0 radical (unpaired) electrons. The Morgan fingerprint density at radius 3 is 2.63 bits per heavy atom. The average molecular weight is 332 g/mol. The Morgan fingerprint density at radius 1 is 1.53 bits per heavy atom. The zero-order valence-corrected chi connectivity index (χ0v) is 12.9. The lowest BCUT2D eigenvalue weighted by molar-refractivity contribution is -0.124. The van der Waals surface area contributed by atoms with Crippen molar-refractivity contribution in [3.8, 4) is 0 Å². The van der Waals surface area contributed by atoms with Crippen molar-refractivity contribution in [3.05, 3.63) is 34.1 Å². The second-order valence-corrected chi connectivity index (χ2v) is 5.70. The van der Waals surface area contributed by atoms with E-state index in [4.69, 9.17) is 5.73 Å². The smallest absolute Gasteiger partial charge is 0.242 e. The van der Waals surface area contributed by atoms with E-state index < -0.39 is 11.4 Å². The van der Waals surface area contributed by atoms with Crippen molar-refractivity contribution in [2.45, 2.75) is 12.5 Å².